The Labute approximate surface area is 96.6 Å². The molecule has 0 aliphatic carbocycles. The van der Waals surface area contributed by atoms with Gasteiger partial charge in [-0.15, -0.1) is 0 Å². The summed E-state index contributed by atoms with van der Waals surface area (Å²) in [7, 11) is 1.45. The first kappa shape index (κ1) is 12.6. The smallest absolute Gasteiger partial charge is 0.400 e. The van der Waals surface area contributed by atoms with Crippen LogP contribution in [0.3, 0.4) is 0 Å². The summed E-state index contributed by atoms with van der Waals surface area (Å²) in [4.78, 5) is 24.4. The molecule has 0 radical (unpaired) electrons. The number of esters is 1. The van der Waals surface area contributed by atoms with E-state index in [9.17, 15) is 14.9 Å². The summed E-state index contributed by atoms with van der Waals surface area (Å²) < 4.78 is 6.03. The zero-order chi connectivity index (χ0) is 13.0. The van der Waals surface area contributed by atoms with E-state index in [4.69, 9.17) is 10.00 Å². The third-order valence-electron chi connectivity index (χ3n) is 2.10. The number of nitriles is 1. The standard InChI is InChI=1S/C9H10N4O4/c1-3-8(14)17-5-7-11-9(13(15)16)6(4-10)12(7)2/h3,5H2,1-2H3. The predicted octanol–water partition coefficient (Wildman–Crippen LogP) is 0.653. The molecule has 1 rings (SSSR count). The molecule has 1 aromatic heterocycles. The lowest BCUT2D eigenvalue weighted by atomic mass is 10.5. The SMILES string of the molecule is CCC(=O)OCc1nc([N+](=O)[O-])c(C#N)n1C. The molecule has 0 aromatic carbocycles. The second kappa shape index (κ2) is 5.07. The first-order chi connectivity index (χ1) is 8.01. The third kappa shape index (κ3) is 2.57. The summed E-state index contributed by atoms with van der Waals surface area (Å²) >= 11 is 0. The topological polar surface area (TPSA) is 111 Å². The average molecular weight is 238 g/mol. The van der Waals surface area contributed by atoms with Gasteiger partial charge in [-0.05, 0) is 9.91 Å². The highest BCUT2D eigenvalue weighted by Gasteiger charge is 2.26. The van der Waals surface area contributed by atoms with E-state index < -0.39 is 16.7 Å². The van der Waals surface area contributed by atoms with Crippen LogP contribution in [0, 0.1) is 21.4 Å². The first-order valence-electron chi connectivity index (χ1n) is 4.77. The largest absolute Gasteiger partial charge is 0.455 e. The van der Waals surface area contributed by atoms with Crippen LogP contribution >= 0.6 is 0 Å². The molecule has 0 saturated heterocycles. The van der Waals surface area contributed by atoms with Crippen molar-refractivity contribution >= 4 is 11.8 Å². The number of hydrogen-bond acceptors (Lipinski definition) is 6. The van der Waals surface area contributed by atoms with Crippen molar-refractivity contribution in [2.75, 3.05) is 0 Å². The third-order valence-corrected chi connectivity index (χ3v) is 2.10. The van der Waals surface area contributed by atoms with Crippen LogP contribution in [0.25, 0.3) is 0 Å². The van der Waals surface area contributed by atoms with E-state index >= 15 is 0 Å². The van der Waals surface area contributed by atoms with Gasteiger partial charge in [-0.25, -0.2) is 0 Å². The number of carbonyl (C=O) groups excluding carboxylic acids is 1. The van der Waals surface area contributed by atoms with Crippen molar-refractivity contribution in [2.45, 2.75) is 20.0 Å². The lowest BCUT2D eigenvalue weighted by Gasteiger charge is -1.99. The van der Waals surface area contributed by atoms with Crippen LogP contribution in [-0.4, -0.2) is 20.4 Å². The molecule has 0 unspecified atom stereocenters. The van der Waals surface area contributed by atoms with Crippen LogP contribution in [0.2, 0.25) is 0 Å². The molecule has 8 nitrogen and oxygen atoms in total. The summed E-state index contributed by atoms with van der Waals surface area (Å²) in [6, 6.07) is 1.69. The minimum atomic E-state index is -0.746. The maximum Gasteiger partial charge on any atom is 0.400 e. The minimum Gasteiger partial charge on any atom is -0.455 e. The van der Waals surface area contributed by atoms with E-state index in [-0.39, 0.29) is 24.5 Å². The van der Waals surface area contributed by atoms with Gasteiger partial charge in [0, 0.05) is 13.5 Å². The zero-order valence-corrected chi connectivity index (χ0v) is 9.34. The quantitative estimate of drug-likeness (QED) is 0.432. The van der Waals surface area contributed by atoms with Crippen molar-refractivity contribution in [1.82, 2.24) is 9.55 Å². The van der Waals surface area contributed by atoms with Gasteiger partial charge >= 0.3 is 11.8 Å². The molecule has 0 N–H and O–H groups in total. The Balaban J connectivity index is 2.99. The summed E-state index contributed by atoms with van der Waals surface area (Å²) in [5.41, 5.74) is -0.169. The number of hydrogen-bond donors (Lipinski definition) is 0. The second-order valence-electron chi connectivity index (χ2n) is 3.14. The minimum absolute atomic E-state index is 0.162. The molecule has 17 heavy (non-hydrogen) atoms. The molecular formula is C9H10N4O4. The van der Waals surface area contributed by atoms with Crippen LogP contribution < -0.4 is 0 Å². The number of nitro groups is 1. The average Bonchev–Trinajstić information content (AvgIpc) is 2.63. The summed E-state index contributed by atoms with van der Waals surface area (Å²) in [6.45, 7) is 1.44. The number of rotatable bonds is 4. The Bertz CT molecular complexity index is 500. The predicted molar refractivity (Wildman–Crippen MR) is 54.7 cm³/mol. The molecule has 0 aliphatic heterocycles. The molecule has 0 spiro atoms. The first-order valence-corrected chi connectivity index (χ1v) is 4.77. The molecule has 0 aliphatic rings. The van der Waals surface area contributed by atoms with Gasteiger partial charge in [-0.2, -0.15) is 5.26 Å². The molecule has 0 fully saturated rings. The highest BCUT2D eigenvalue weighted by molar-refractivity contribution is 5.68. The van der Waals surface area contributed by atoms with Crippen molar-refractivity contribution in [3.8, 4) is 6.07 Å². The lowest BCUT2D eigenvalue weighted by molar-refractivity contribution is -0.389. The van der Waals surface area contributed by atoms with Gasteiger partial charge in [-0.1, -0.05) is 6.92 Å². The van der Waals surface area contributed by atoms with Gasteiger partial charge in [0.05, 0.1) is 0 Å². The highest BCUT2D eigenvalue weighted by Crippen LogP contribution is 2.17. The Kier molecular flexibility index (Phi) is 3.77. The Morgan fingerprint density at radius 1 is 1.71 bits per heavy atom. The molecule has 8 heteroatoms. The monoisotopic (exact) mass is 238 g/mol. The molecule has 0 amide bonds. The van der Waals surface area contributed by atoms with Crippen LogP contribution in [0.5, 0.6) is 0 Å². The van der Waals surface area contributed by atoms with Crippen LogP contribution in [0.15, 0.2) is 0 Å². The second-order valence-corrected chi connectivity index (χ2v) is 3.14. The fourth-order valence-electron chi connectivity index (χ4n) is 1.16. The number of carbonyl (C=O) groups is 1. The maximum atomic E-state index is 10.9. The van der Waals surface area contributed by atoms with E-state index in [0.29, 0.717) is 0 Å². The van der Waals surface area contributed by atoms with Crippen molar-refractivity contribution in [3.05, 3.63) is 21.6 Å². The number of nitrogens with zero attached hydrogens (tertiary/aromatic N) is 4. The summed E-state index contributed by atoms with van der Waals surface area (Å²) in [5.74, 6) is -0.804. The molecular weight excluding hydrogens is 228 g/mol. The van der Waals surface area contributed by atoms with Crippen LogP contribution in [-0.2, 0) is 23.2 Å². The van der Waals surface area contributed by atoms with Gasteiger partial charge in [0.25, 0.3) is 5.82 Å². The summed E-state index contributed by atoms with van der Waals surface area (Å²) in [5, 5.41) is 19.4. The normalized spacial score (nSPS) is 9.71. The Hall–Kier alpha value is -2.43. The van der Waals surface area contributed by atoms with Gasteiger partial charge < -0.3 is 14.9 Å². The fourth-order valence-corrected chi connectivity index (χ4v) is 1.16. The van der Waals surface area contributed by atoms with Gasteiger partial charge in [0.2, 0.25) is 5.69 Å². The van der Waals surface area contributed by atoms with Crippen molar-refractivity contribution in [3.63, 3.8) is 0 Å². The maximum absolute atomic E-state index is 10.9. The zero-order valence-electron chi connectivity index (χ0n) is 9.34. The number of ether oxygens (including phenoxy) is 1. The van der Waals surface area contributed by atoms with E-state index in [0.717, 1.165) is 0 Å². The molecule has 0 bridgehead atoms. The molecule has 90 valence electrons. The van der Waals surface area contributed by atoms with Crippen molar-refractivity contribution < 1.29 is 14.5 Å². The number of imidazole rings is 1. The highest BCUT2D eigenvalue weighted by atomic mass is 16.6. The summed E-state index contributed by atoms with van der Waals surface area (Å²) in [6.07, 6.45) is 0.206. The van der Waals surface area contributed by atoms with Crippen molar-refractivity contribution in [2.24, 2.45) is 7.05 Å². The Morgan fingerprint density at radius 3 is 2.76 bits per heavy atom. The van der Waals surface area contributed by atoms with Crippen LogP contribution in [0.4, 0.5) is 5.82 Å². The van der Waals surface area contributed by atoms with E-state index in [1.807, 2.05) is 0 Å². The molecule has 1 aromatic rings. The van der Waals surface area contributed by atoms with E-state index in [2.05, 4.69) is 4.98 Å². The van der Waals surface area contributed by atoms with E-state index in [1.54, 1.807) is 13.0 Å². The van der Waals surface area contributed by atoms with Gasteiger partial charge in [-0.3, -0.25) is 9.36 Å². The number of aromatic nitrogens is 2. The fraction of sp³-hybridized carbons (Fsp3) is 0.444. The van der Waals surface area contributed by atoms with Crippen molar-refractivity contribution in [1.29, 1.82) is 5.26 Å². The molecule has 1 heterocycles. The Morgan fingerprint density at radius 2 is 2.35 bits per heavy atom. The van der Waals surface area contributed by atoms with Gasteiger partial charge in [0.15, 0.2) is 6.61 Å². The molecule has 0 saturated carbocycles. The van der Waals surface area contributed by atoms with Gasteiger partial charge in [0.1, 0.15) is 6.07 Å². The lowest BCUT2D eigenvalue weighted by Crippen LogP contribution is -2.07. The molecule has 0 atom stereocenters. The van der Waals surface area contributed by atoms with Crippen LogP contribution in [0.1, 0.15) is 24.9 Å². The van der Waals surface area contributed by atoms with E-state index in [1.165, 1.54) is 11.6 Å².